The lowest BCUT2D eigenvalue weighted by molar-refractivity contribution is 0.123. The van der Waals surface area contributed by atoms with Crippen LogP contribution in [0.15, 0.2) is 0 Å². The normalized spacial score (nSPS) is 19.1. The van der Waals surface area contributed by atoms with Crippen LogP contribution in [0.3, 0.4) is 0 Å². The maximum absolute atomic E-state index is 5.36. The monoisotopic (exact) mass is 228 g/mol. The largest absolute Gasteiger partial charge is 0.382 e. The average Bonchev–Trinajstić information content (AvgIpc) is 2.33. The first-order valence-electron chi connectivity index (χ1n) is 6.90. The van der Waals surface area contributed by atoms with Crippen molar-refractivity contribution in [1.82, 2.24) is 10.2 Å². The average molecular weight is 228 g/mol. The third-order valence-corrected chi connectivity index (χ3v) is 3.24. The molecule has 0 aromatic carbocycles. The lowest BCUT2D eigenvalue weighted by Gasteiger charge is -2.32. The highest BCUT2D eigenvalue weighted by atomic mass is 16.5. The Kier molecular flexibility index (Phi) is 7.81. The molecule has 1 heterocycles. The molecular formula is C13H28N2O. The van der Waals surface area contributed by atoms with Crippen molar-refractivity contribution in [2.75, 3.05) is 39.4 Å². The highest BCUT2D eigenvalue weighted by Gasteiger charge is 2.17. The lowest BCUT2D eigenvalue weighted by Crippen LogP contribution is -2.43. The van der Waals surface area contributed by atoms with E-state index in [1.54, 1.807) is 0 Å². The molecule has 0 unspecified atom stereocenters. The van der Waals surface area contributed by atoms with Crippen LogP contribution >= 0.6 is 0 Å². The summed E-state index contributed by atoms with van der Waals surface area (Å²) in [5.74, 6) is 0. The molecule has 1 aliphatic rings. The summed E-state index contributed by atoms with van der Waals surface area (Å²) in [6, 6.07) is 0.767. The molecule has 0 aromatic heterocycles. The molecule has 0 saturated carbocycles. The first-order valence-corrected chi connectivity index (χ1v) is 6.90. The van der Waals surface area contributed by atoms with Gasteiger partial charge in [-0.15, -0.1) is 0 Å². The Morgan fingerprint density at radius 3 is 2.62 bits per heavy atom. The van der Waals surface area contributed by atoms with Gasteiger partial charge >= 0.3 is 0 Å². The van der Waals surface area contributed by atoms with Gasteiger partial charge in [-0.1, -0.05) is 6.92 Å². The summed E-state index contributed by atoms with van der Waals surface area (Å²) in [5, 5.41) is 3.62. The van der Waals surface area contributed by atoms with Crippen molar-refractivity contribution in [3.63, 3.8) is 0 Å². The lowest BCUT2D eigenvalue weighted by atomic mass is 10.0. The topological polar surface area (TPSA) is 24.5 Å². The van der Waals surface area contributed by atoms with Crippen LogP contribution in [0, 0.1) is 0 Å². The van der Waals surface area contributed by atoms with Gasteiger partial charge in [0.05, 0.1) is 0 Å². The quantitative estimate of drug-likeness (QED) is 0.642. The third kappa shape index (κ3) is 5.83. The van der Waals surface area contributed by atoms with Crippen LogP contribution in [0.5, 0.6) is 0 Å². The maximum atomic E-state index is 5.36. The molecule has 0 aromatic rings. The molecule has 0 bridgehead atoms. The summed E-state index contributed by atoms with van der Waals surface area (Å²) in [6.07, 6.45) is 5.05. The minimum Gasteiger partial charge on any atom is -0.382 e. The second-order valence-corrected chi connectivity index (χ2v) is 4.62. The third-order valence-electron chi connectivity index (χ3n) is 3.24. The fraction of sp³-hybridized carbons (Fsp3) is 1.00. The van der Waals surface area contributed by atoms with Crippen molar-refractivity contribution < 1.29 is 4.74 Å². The molecule has 0 amide bonds. The van der Waals surface area contributed by atoms with Gasteiger partial charge in [0.25, 0.3) is 0 Å². The summed E-state index contributed by atoms with van der Waals surface area (Å²) < 4.78 is 5.36. The van der Waals surface area contributed by atoms with Crippen molar-refractivity contribution in [3.8, 4) is 0 Å². The predicted molar refractivity (Wildman–Crippen MR) is 68.9 cm³/mol. The van der Waals surface area contributed by atoms with E-state index in [1.165, 1.54) is 51.9 Å². The molecule has 16 heavy (non-hydrogen) atoms. The Morgan fingerprint density at radius 2 is 2.00 bits per heavy atom. The summed E-state index contributed by atoms with van der Waals surface area (Å²) in [6.45, 7) is 11.0. The maximum Gasteiger partial charge on any atom is 0.0478 e. The van der Waals surface area contributed by atoms with E-state index in [0.717, 1.165) is 19.3 Å². The van der Waals surface area contributed by atoms with E-state index in [0.29, 0.717) is 0 Å². The van der Waals surface area contributed by atoms with Crippen LogP contribution < -0.4 is 5.32 Å². The second kappa shape index (κ2) is 8.97. The molecular weight excluding hydrogens is 200 g/mol. The van der Waals surface area contributed by atoms with E-state index in [4.69, 9.17) is 4.74 Å². The van der Waals surface area contributed by atoms with Crippen LogP contribution in [0.4, 0.5) is 0 Å². The molecule has 0 radical (unpaired) electrons. The SMILES string of the molecule is CCCNC1CCN(CCCOCC)CC1. The fourth-order valence-corrected chi connectivity index (χ4v) is 2.24. The van der Waals surface area contributed by atoms with Crippen molar-refractivity contribution in [2.24, 2.45) is 0 Å². The number of likely N-dealkylation sites (tertiary alicyclic amines) is 1. The van der Waals surface area contributed by atoms with Gasteiger partial charge in [0.15, 0.2) is 0 Å². The van der Waals surface area contributed by atoms with Gasteiger partial charge in [-0.05, 0) is 52.2 Å². The van der Waals surface area contributed by atoms with Gasteiger partial charge in [-0.3, -0.25) is 0 Å². The van der Waals surface area contributed by atoms with Crippen molar-refractivity contribution in [2.45, 2.75) is 45.6 Å². The van der Waals surface area contributed by atoms with E-state index in [2.05, 4.69) is 24.1 Å². The molecule has 0 spiro atoms. The van der Waals surface area contributed by atoms with E-state index in [-0.39, 0.29) is 0 Å². The predicted octanol–water partition coefficient (Wildman–Crippen LogP) is 1.88. The molecule has 1 fully saturated rings. The first-order chi connectivity index (χ1) is 7.86. The van der Waals surface area contributed by atoms with Gasteiger partial charge in [0, 0.05) is 25.8 Å². The van der Waals surface area contributed by atoms with Crippen molar-refractivity contribution in [1.29, 1.82) is 0 Å². The van der Waals surface area contributed by atoms with Crippen molar-refractivity contribution in [3.05, 3.63) is 0 Å². The van der Waals surface area contributed by atoms with E-state index in [9.17, 15) is 0 Å². The Hall–Kier alpha value is -0.120. The zero-order chi connectivity index (χ0) is 11.6. The smallest absolute Gasteiger partial charge is 0.0478 e. The molecule has 96 valence electrons. The Morgan fingerprint density at radius 1 is 1.25 bits per heavy atom. The zero-order valence-electron chi connectivity index (χ0n) is 11.0. The van der Waals surface area contributed by atoms with E-state index < -0.39 is 0 Å². The molecule has 1 saturated heterocycles. The van der Waals surface area contributed by atoms with Gasteiger partial charge in [0.2, 0.25) is 0 Å². The van der Waals surface area contributed by atoms with Gasteiger partial charge in [-0.2, -0.15) is 0 Å². The summed E-state index contributed by atoms with van der Waals surface area (Å²) in [7, 11) is 0. The van der Waals surface area contributed by atoms with Gasteiger partial charge in [-0.25, -0.2) is 0 Å². The molecule has 0 atom stereocenters. The minimum absolute atomic E-state index is 0.767. The number of rotatable bonds is 8. The zero-order valence-corrected chi connectivity index (χ0v) is 11.0. The summed E-state index contributed by atoms with van der Waals surface area (Å²) >= 11 is 0. The second-order valence-electron chi connectivity index (χ2n) is 4.62. The molecule has 1 aliphatic heterocycles. The molecule has 0 aliphatic carbocycles. The van der Waals surface area contributed by atoms with Gasteiger partial charge in [0.1, 0.15) is 0 Å². The Bertz CT molecular complexity index is 156. The number of ether oxygens (including phenoxy) is 1. The van der Waals surface area contributed by atoms with E-state index >= 15 is 0 Å². The minimum atomic E-state index is 0.767. The first kappa shape index (κ1) is 13.9. The van der Waals surface area contributed by atoms with Crippen LogP contribution in [-0.4, -0.2) is 50.3 Å². The molecule has 3 heteroatoms. The fourth-order valence-electron chi connectivity index (χ4n) is 2.24. The van der Waals surface area contributed by atoms with Crippen LogP contribution in [0.2, 0.25) is 0 Å². The molecule has 1 rings (SSSR count). The summed E-state index contributed by atoms with van der Waals surface area (Å²) in [4.78, 5) is 2.57. The number of nitrogens with one attached hydrogen (secondary N) is 1. The standard InChI is InChI=1S/C13H28N2O/c1-3-8-14-13-6-10-15(11-7-13)9-5-12-16-4-2/h13-14H,3-12H2,1-2H3. The number of nitrogens with zero attached hydrogens (tertiary/aromatic N) is 1. The van der Waals surface area contributed by atoms with E-state index in [1.807, 2.05) is 0 Å². The van der Waals surface area contributed by atoms with Crippen LogP contribution in [0.1, 0.15) is 39.5 Å². The number of hydrogen-bond donors (Lipinski definition) is 1. The Balaban J connectivity index is 1.98. The summed E-state index contributed by atoms with van der Waals surface area (Å²) in [5.41, 5.74) is 0. The highest BCUT2D eigenvalue weighted by Crippen LogP contribution is 2.10. The van der Waals surface area contributed by atoms with Gasteiger partial charge < -0.3 is 15.0 Å². The van der Waals surface area contributed by atoms with Crippen LogP contribution in [0.25, 0.3) is 0 Å². The van der Waals surface area contributed by atoms with Crippen LogP contribution in [-0.2, 0) is 4.74 Å². The number of piperidine rings is 1. The Labute approximate surface area is 101 Å². The molecule has 1 N–H and O–H groups in total. The highest BCUT2D eigenvalue weighted by molar-refractivity contribution is 4.76. The molecule has 3 nitrogen and oxygen atoms in total. The van der Waals surface area contributed by atoms with Crippen molar-refractivity contribution >= 4 is 0 Å². The number of hydrogen-bond acceptors (Lipinski definition) is 3.